The smallest absolute Gasteiger partial charge is 0.150 e. The zero-order valence-corrected chi connectivity index (χ0v) is 24.9. The van der Waals surface area contributed by atoms with Crippen LogP contribution in [0.3, 0.4) is 0 Å². The van der Waals surface area contributed by atoms with Crippen molar-refractivity contribution >= 4 is 6.29 Å². The first-order chi connectivity index (χ1) is 20.0. The van der Waals surface area contributed by atoms with Crippen molar-refractivity contribution in [2.45, 2.75) is 110 Å². The largest absolute Gasteiger partial charge is 0.298 e. The topological polar surface area (TPSA) is 40.9 Å². The van der Waals surface area contributed by atoms with Crippen molar-refractivity contribution in [2.24, 2.45) is 0 Å². The van der Waals surface area contributed by atoms with Crippen LogP contribution in [0.25, 0.3) is 22.3 Å². The predicted octanol–water partition coefficient (Wildman–Crippen LogP) is 11.0. The number of carbonyl (C=O) groups excluding carboxylic acids is 1. The van der Waals surface area contributed by atoms with E-state index >= 15 is 8.78 Å². The molecule has 0 atom stereocenters. The van der Waals surface area contributed by atoms with Crippen LogP contribution in [0.4, 0.5) is 8.78 Å². The number of carbonyl (C=O) groups is 1. The lowest BCUT2D eigenvalue weighted by molar-refractivity contribution is 0.112. The van der Waals surface area contributed by atoms with E-state index in [0.29, 0.717) is 51.8 Å². The summed E-state index contributed by atoms with van der Waals surface area (Å²) in [7, 11) is 0. The summed E-state index contributed by atoms with van der Waals surface area (Å²) in [4.78, 5) is 11.3. The molecule has 0 N–H and O–H groups in total. The number of aldehydes is 1. The van der Waals surface area contributed by atoms with Gasteiger partial charge < -0.3 is 0 Å². The van der Waals surface area contributed by atoms with E-state index in [4.69, 9.17) is 5.26 Å². The molecule has 0 fully saturated rings. The first-order valence-electron chi connectivity index (χ1n) is 15.6. The Bertz CT molecular complexity index is 1270. The normalized spacial score (nSPS) is 11.0. The molecule has 3 aromatic carbocycles. The van der Waals surface area contributed by atoms with E-state index in [1.807, 2.05) is 24.3 Å². The lowest BCUT2D eigenvalue weighted by Crippen LogP contribution is -2.08. The number of unbranched alkanes of at least 4 members (excludes halogenated alkanes) is 10. The van der Waals surface area contributed by atoms with Gasteiger partial charge in [0.15, 0.2) is 0 Å². The molecule has 2 nitrogen and oxygen atoms in total. The van der Waals surface area contributed by atoms with Gasteiger partial charge in [-0.1, -0.05) is 127 Å². The third-order valence-electron chi connectivity index (χ3n) is 7.99. The van der Waals surface area contributed by atoms with Crippen molar-refractivity contribution in [3.63, 3.8) is 0 Å². The Morgan fingerprint density at radius 1 is 0.634 bits per heavy atom. The highest BCUT2D eigenvalue weighted by Gasteiger charge is 2.26. The van der Waals surface area contributed by atoms with Crippen molar-refractivity contribution in [1.29, 1.82) is 5.26 Å². The molecule has 0 aliphatic rings. The van der Waals surface area contributed by atoms with E-state index in [0.717, 1.165) is 76.1 Å². The molecule has 3 rings (SSSR count). The average molecular weight is 558 g/mol. The summed E-state index contributed by atoms with van der Waals surface area (Å²) in [6.45, 7) is 4.36. The van der Waals surface area contributed by atoms with Gasteiger partial charge in [-0.2, -0.15) is 5.26 Å². The SMILES string of the molecule is CCCCCCCCc1c(F)c(-c2ccc(CC#N)cc2)c(CCCCCCCC)c(F)c1-c1ccc(C=O)cc1. The van der Waals surface area contributed by atoms with Crippen LogP contribution in [0.15, 0.2) is 48.5 Å². The molecule has 0 saturated carbocycles. The minimum Gasteiger partial charge on any atom is -0.298 e. The van der Waals surface area contributed by atoms with Gasteiger partial charge in [0.25, 0.3) is 0 Å². The molecule has 0 bridgehead atoms. The summed E-state index contributed by atoms with van der Waals surface area (Å²) in [5, 5.41) is 9.08. The number of benzene rings is 3. The number of nitriles is 1. The average Bonchev–Trinajstić information content (AvgIpc) is 2.99. The summed E-state index contributed by atoms with van der Waals surface area (Å²) in [6, 6.07) is 16.3. The zero-order chi connectivity index (χ0) is 29.5. The monoisotopic (exact) mass is 557 g/mol. The van der Waals surface area contributed by atoms with E-state index in [1.165, 1.54) is 12.8 Å². The van der Waals surface area contributed by atoms with Gasteiger partial charge in [-0.3, -0.25) is 4.79 Å². The van der Waals surface area contributed by atoms with Gasteiger partial charge in [-0.05, 0) is 53.5 Å². The summed E-state index contributed by atoms with van der Waals surface area (Å²) in [5.74, 6) is -0.695. The Morgan fingerprint density at radius 3 is 1.46 bits per heavy atom. The van der Waals surface area contributed by atoms with Gasteiger partial charge in [0.2, 0.25) is 0 Å². The van der Waals surface area contributed by atoms with E-state index in [-0.39, 0.29) is 18.1 Å². The van der Waals surface area contributed by atoms with Crippen molar-refractivity contribution in [1.82, 2.24) is 0 Å². The number of rotatable bonds is 18. The van der Waals surface area contributed by atoms with E-state index in [2.05, 4.69) is 19.9 Å². The highest BCUT2D eigenvalue weighted by molar-refractivity contribution is 5.81. The number of hydrogen-bond donors (Lipinski definition) is 0. The van der Waals surface area contributed by atoms with Crippen LogP contribution in [0.2, 0.25) is 0 Å². The van der Waals surface area contributed by atoms with Crippen LogP contribution in [0.1, 0.15) is 118 Å². The Morgan fingerprint density at radius 2 is 1.05 bits per heavy atom. The second kappa shape index (κ2) is 17.5. The number of nitrogens with zero attached hydrogens (tertiary/aromatic N) is 1. The second-order valence-corrected chi connectivity index (χ2v) is 11.1. The van der Waals surface area contributed by atoms with Crippen LogP contribution in [0, 0.1) is 23.0 Å². The molecule has 0 amide bonds. The molecule has 0 unspecified atom stereocenters. The molecule has 0 aromatic heterocycles. The molecule has 218 valence electrons. The Hall–Kier alpha value is -3.32. The maximum absolute atomic E-state index is 16.8. The minimum absolute atomic E-state index is 0.279. The number of hydrogen-bond acceptors (Lipinski definition) is 2. The third kappa shape index (κ3) is 9.09. The third-order valence-corrected chi connectivity index (χ3v) is 7.99. The van der Waals surface area contributed by atoms with E-state index in [1.54, 1.807) is 24.3 Å². The quantitative estimate of drug-likeness (QED) is 0.115. The van der Waals surface area contributed by atoms with Crippen LogP contribution in [-0.2, 0) is 19.3 Å². The molecular weight excluding hydrogens is 512 g/mol. The first kappa shape index (κ1) is 32.2. The van der Waals surface area contributed by atoms with Crippen LogP contribution in [-0.4, -0.2) is 6.29 Å². The standard InChI is InChI=1S/C37H45F2NO/c1-3-5-7-9-11-13-15-32-34(30-21-17-28(18-22-30)25-26-40)36(38)33(16-14-12-10-8-6-4-2)35(37(32)39)31-23-19-29(27-41)20-24-31/h17-24,27H,3-16,25H2,1-2H3. The molecule has 0 heterocycles. The fourth-order valence-electron chi connectivity index (χ4n) is 5.63. The van der Waals surface area contributed by atoms with Crippen molar-refractivity contribution < 1.29 is 13.6 Å². The zero-order valence-electron chi connectivity index (χ0n) is 24.9. The van der Waals surface area contributed by atoms with Gasteiger partial charge in [-0.15, -0.1) is 0 Å². The Balaban J connectivity index is 2.10. The molecular formula is C37H45F2NO. The van der Waals surface area contributed by atoms with Gasteiger partial charge >= 0.3 is 0 Å². The highest BCUT2D eigenvalue weighted by atomic mass is 19.1. The summed E-state index contributed by atoms with van der Waals surface area (Å²) in [6.07, 6.45) is 14.7. The van der Waals surface area contributed by atoms with Crippen LogP contribution in [0.5, 0.6) is 0 Å². The van der Waals surface area contributed by atoms with E-state index < -0.39 is 0 Å². The van der Waals surface area contributed by atoms with Crippen molar-refractivity contribution in [2.75, 3.05) is 0 Å². The molecule has 0 aliphatic heterocycles. The van der Waals surface area contributed by atoms with E-state index in [9.17, 15) is 4.79 Å². The molecule has 4 heteroatoms. The second-order valence-electron chi connectivity index (χ2n) is 11.1. The molecule has 41 heavy (non-hydrogen) atoms. The molecule has 0 spiro atoms. The summed E-state index contributed by atoms with van der Waals surface area (Å²) >= 11 is 0. The summed E-state index contributed by atoms with van der Waals surface area (Å²) < 4.78 is 33.5. The van der Waals surface area contributed by atoms with Crippen LogP contribution >= 0.6 is 0 Å². The molecule has 0 aliphatic carbocycles. The van der Waals surface area contributed by atoms with Gasteiger partial charge in [-0.25, -0.2) is 8.78 Å². The maximum atomic E-state index is 16.8. The van der Waals surface area contributed by atoms with Gasteiger partial charge in [0, 0.05) is 16.7 Å². The Labute approximate surface area is 245 Å². The van der Waals surface area contributed by atoms with Crippen LogP contribution < -0.4 is 0 Å². The Kier molecular flexibility index (Phi) is 13.7. The first-order valence-corrected chi connectivity index (χ1v) is 15.6. The van der Waals surface area contributed by atoms with Gasteiger partial charge in [0.1, 0.15) is 17.9 Å². The summed E-state index contributed by atoms with van der Waals surface area (Å²) in [5.41, 5.74) is 4.14. The van der Waals surface area contributed by atoms with Crippen molar-refractivity contribution in [3.8, 4) is 28.3 Å². The lowest BCUT2D eigenvalue weighted by Gasteiger charge is -2.21. The van der Waals surface area contributed by atoms with Gasteiger partial charge in [0.05, 0.1) is 12.5 Å². The van der Waals surface area contributed by atoms with Crippen molar-refractivity contribution in [3.05, 3.63) is 82.4 Å². The molecule has 0 radical (unpaired) electrons. The fourth-order valence-corrected chi connectivity index (χ4v) is 5.63. The highest BCUT2D eigenvalue weighted by Crippen LogP contribution is 2.40. The predicted molar refractivity (Wildman–Crippen MR) is 166 cm³/mol. The minimum atomic E-state index is -0.351. The lowest BCUT2D eigenvalue weighted by atomic mass is 9.85. The maximum Gasteiger partial charge on any atom is 0.150 e. The number of halogens is 2. The molecule has 3 aromatic rings. The molecule has 0 saturated heterocycles. The fraction of sp³-hybridized carbons (Fsp3) is 0.459.